The molecule has 5 atom stereocenters. The highest BCUT2D eigenvalue weighted by Crippen LogP contribution is 2.23. The van der Waals surface area contributed by atoms with E-state index in [9.17, 15) is 29.4 Å². The van der Waals surface area contributed by atoms with Gasteiger partial charge in [-0.3, -0.25) is 19.2 Å². The van der Waals surface area contributed by atoms with Crippen molar-refractivity contribution >= 4 is 23.6 Å². The first-order chi connectivity index (χ1) is 15.3. The van der Waals surface area contributed by atoms with E-state index in [0.717, 1.165) is 0 Å². The van der Waals surface area contributed by atoms with E-state index in [2.05, 4.69) is 0 Å². The van der Waals surface area contributed by atoms with Crippen molar-refractivity contribution in [2.45, 2.75) is 70.9 Å². The molecule has 186 valence electrons. The lowest BCUT2D eigenvalue weighted by atomic mass is 9.99. The van der Waals surface area contributed by atoms with E-state index in [1.807, 2.05) is 13.8 Å². The minimum absolute atomic E-state index is 0.232. The number of rotatable bonds is 10. The Kier molecular flexibility index (Phi) is 10.7. The average molecular weight is 467 g/mol. The van der Waals surface area contributed by atoms with Gasteiger partial charge in [0.25, 0.3) is 0 Å². The van der Waals surface area contributed by atoms with Crippen molar-refractivity contribution in [3.8, 4) is 0 Å². The maximum absolute atomic E-state index is 13.3. The molecule has 4 amide bonds. The summed E-state index contributed by atoms with van der Waals surface area (Å²) < 4.78 is 0. The fourth-order valence-corrected chi connectivity index (χ4v) is 3.72. The van der Waals surface area contributed by atoms with E-state index in [1.165, 1.54) is 66.9 Å². The Morgan fingerprint density at radius 2 is 1.64 bits per heavy atom. The van der Waals surface area contributed by atoms with Crippen LogP contribution in [0.5, 0.6) is 0 Å². The third-order valence-electron chi connectivity index (χ3n) is 5.96. The molecule has 0 aromatic rings. The quantitative estimate of drug-likeness (QED) is 0.296. The lowest BCUT2D eigenvalue weighted by Crippen LogP contribution is -2.57. The van der Waals surface area contributed by atoms with Crippen LogP contribution in [0, 0.1) is 5.92 Å². The first kappa shape index (κ1) is 28.3. The van der Waals surface area contributed by atoms with Crippen LogP contribution in [0.25, 0.3) is 0 Å². The number of nitrogens with two attached hydrogens (primary N) is 1. The van der Waals surface area contributed by atoms with Gasteiger partial charge in [0, 0.05) is 26.7 Å². The third-order valence-corrected chi connectivity index (χ3v) is 5.96. The molecule has 0 aliphatic carbocycles. The summed E-state index contributed by atoms with van der Waals surface area (Å²) in [5, 5.41) is 18.8. The molecule has 0 aromatic carbocycles. The lowest BCUT2D eigenvalue weighted by Gasteiger charge is -2.37. The Morgan fingerprint density at radius 3 is 2.15 bits per heavy atom. The van der Waals surface area contributed by atoms with Crippen molar-refractivity contribution in [1.82, 2.24) is 14.7 Å². The summed E-state index contributed by atoms with van der Waals surface area (Å²) in [5.74, 6) is -1.98. The predicted octanol–water partition coefficient (Wildman–Crippen LogP) is -0.353. The van der Waals surface area contributed by atoms with E-state index < -0.39 is 42.1 Å². The van der Waals surface area contributed by atoms with Crippen LogP contribution in [0.1, 0.15) is 40.5 Å². The fourth-order valence-electron chi connectivity index (χ4n) is 3.72. The van der Waals surface area contributed by atoms with Crippen molar-refractivity contribution in [3.05, 3.63) is 24.3 Å². The molecule has 1 aliphatic heterocycles. The smallest absolute Gasteiger partial charge is 0.247 e. The van der Waals surface area contributed by atoms with E-state index in [0.29, 0.717) is 19.4 Å². The van der Waals surface area contributed by atoms with Crippen molar-refractivity contribution in [2.75, 3.05) is 20.6 Å². The van der Waals surface area contributed by atoms with Crippen LogP contribution in [0.4, 0.5) is 0 Å². The van der Waals surface area contributed by atoms with Gasteiger partial charge >= 0.3 is 0 Å². The summed E-state index contributed by atoms with van der Waals surface area (Å²) in [6, 6.07) is -2.34. The molecule has 1 fully saturated rings. The summed E-state index contributed by atoms with van der Waals surface area (Å²) in [4.78, 5) is 54.6. The number of aliphatic hydroxyl groups is 2. The molecule has 33 heavy (non-hydrogen) atoms. The second kappa shape index (κ2) is 12.5. The van der Waals surface area contributed by atoms with Crippen LogP contribution in [0.3, 0.4) is 0 Å². The van der Waals surface area contributed by atoms with Crippen LogP contribution in [-0.2, 0) is 19.2 Å². The van der Waals surface area contributed by atoms with Gasteiger partial charge in [0.05, 0.1) is 12.2 Å². The molecule has 1 saturated heterocycles. The topological polar surface area (TPSA) is 144 Å². The number of amides is 4. The number of allylic oxidation sites excluding steroid dienone is 2. The normalized spacial score (nSPS) is 20.2. The molecule has 0 spiro atoms. The molecule has 1 aliphatic rings. The Hall–Kier alpha value is -2.72. The molecule has 10 heteroatoms. The van der Waals surface area contributed by atoms with Crippen LogP contribution < -0.4 is 5.73 Å². The molecular weight excluding hydrogens is 428 g/mol. The van der Waals surface area contributed by atoms with Gasteiger partial charge in [-0.25, -0.2) is 0 Å². The number of likely N-dealkylation sites (N-methyl/N-ethyl adjacent to an activating group) is 2. The SMILES string of the molecule is CC(C)[C@@H](C(=O)N(C)[C@@H](C)C(N)=O)N(C)C(=O)[C@@H]1CCCN1C(=O)/C=C/C=C/[C@H](O)[C@@H](C)O. The number of carbonyl (C=O) groups excluding carboxylic acids is 4. The molecule has 0 saturated carbocycles. The van der Waals surface area contributed by atoms with Gasteiger partial charge < -0.3 is 30.6 Å². The summed E-state index contributed by atoms with van der Waals surface area (Å²) in [6.45, 7) is 7.00. The molecule has 1 heterocycles. The number of hydrogen-bond acceptors (Lipinski definition) is 6. The highest BCUT2D eigenvalue weighted by molar-refractivity contribution is 5.96. The molecule has 0 aromatic heterocycles. The van der Waals surface area contributed by atoms with Crippen molar-refractivity contribution < 1.29 is 29.4 Å². The number of nitrogens with zero attached hydrogens (tertiary/aromatic N) is 3. The maximum Gasteiger partial charge on any atom is 0.247 e. The molecule has 0 bridgehead atoms. The van der Waals surface area contributed by atoms with Crippen molar-refractivity contribution in [1.29, 1.82) is 0 Å². The molecule has 0 unspecified atom stereocenters. The Bertz CT molecular complexity index is 779. The minimum atomic E-state index is -1.04. The van der Waals surface area contributed by atoms with E-state index >= 15 is 0 Å². The van der Waals surface area contributed by atoms with E-state index in [-0.39, 0.29) is 17.7 Å². The van der Waals surface area contributed by atoms with Gasteiger partial charge in [0.1, 0.15) is 18.1 Å². The van der Waals surface area contributed by atoms with Gasteiger partial charge in [-0.15, -0.1) is 0 Å². The van der Waals surface area contributed by atoms with E-state index in [4.69, 9.17) is 5.73 Å². The second-order valence-corrected chi connectivity index (χ2v) is 8.83. The average Bonchev–Trinajstić information content (AvgIpc) is 3.24. The summed E-state index contributed by atoms with van der Waals surface area (Å²) in [6.07, 6.45) is 4.71. The molecule has 1 rings (SSSR count). The minimum Gasteiger partial charge on any atom is -0.390 e. The number of carbonyl (C=O) groups is 4. The Balaban J connectivity index is 2.97. The lowest BCUT2D eigenvalue weighted by molar-refractivity contribution is -0.151. The number of hydrogen-bond donors (Lipinski definition) is 3. The number of likely N-dealkylation sites (tertiary alicyclic amines) is 1. The standard InChI is InChI=1S/C23H38N4O6/c1-14(2)20(23(33)25(5)15(3)21(24)31)26(6)22(32)17-10-9-13-27(17)19(30)12-8-7-11-18(29)16(4)28/h7-8,11-12,14-18,20,28-29H,9-10,13H2,1-6H3,(H2,24,31)/b11-7+,12-8+/t15-,16+,17-,18-,20-/m0/s1. The zero-order valence-corrected chi connectivity index (χ0v) is 20.3. The number of aliphatic hydroxyl groups excluding tert-OH is 2. The molecule has 0 radical (unpaired) electrons. The Morgan fingerprint density at radius 1 is 1.03 bits per heavy atom. The monoisotopic (exact) mass is 466 g/mol. The highest BCUT2D eigenvalue weighted by atomic mass is 16.3. The van der Waals surface area contributed by atoms with Crippen LogP contribution >= 0.6 is 0 Å². The highest BCUT2D eigenvalue weighted by Gasteiger charge is 2.40. The zero-order valence-electron chi connectivity index (χ0n) is 20.3. The zero-order chi connectivity index (χ0) is 25.5. The van der Waals surface area contributed by atoms with Gasteiger partial charge in [-0.05, 0) is 32.6 Å². The van der Waals surface area contributed by atoms with Crippen molar-refractivity contribution in [3.63, 3.8) is 0 Å². The predicted molar refractivity (Wildman–Crippen MR) is 124 cm³/mol. The first-order valence-corrected chi connectivity index (χ1v) is 11.1. The van der Waals surface area contributed by atoms with E-state index in [1.54, 1.807) is 0 Å². The van der Waals surface area contributed by atoms with Crippen LogP contribution in [0.15, 0.2) is 24.3 Å². The maximum atomic E-state index is 13.3. The third kappa shape index (κ3) is 7.40. The second-order valence-electron chi connectivity index (χ2n) is 8.83. The Labute approximate surface area is 195 Å². The summed E-state index contributed by atoms with van der Waals surface area (Å²) >= 11 is 0. The molecular formula is C23H38N4O6. The van der Waals surface area contributed by atoms with Crippen molar-refractivity contribution in [2.24, 2.45) is 11.7 Å². The van der Waals surface area contributed by atoms with Gasteiger partial charge in [0.2, 0.25) is 23.6 Å². The van der Waals surface area contributed by atoms with Gasteiger partial charge in [0.15, 0.2) is 0 Å². The summed E-state index contributed by atoms with van der Waals surface area (Å²) in [7, 11) is 3.01. The van der Waals surface area contributed by atoms with Crippen LogP contribution in [0.2, 0.25) is 0 Å². The molecule has 10 nitrogen and oxygen atoms in total. The van der Waals surface area contributed by atoms with Gasteiger partial charge in [-0.1, -0.05) is 32.1 Å². The largest absolute Gasteiger partial charge is 0.390 e. The first-order valence-electron chi connectivity index (χ1n) is 11.1. The fraction of sp³-hybridized carbons (Fsp3) is 0.652. The van der Waals surface area contributed by atoms with Crippen LogP contribution in [-0.4, -0.2) is 99.5 Å². The van der Waals surface area contributed by atoms with Gasteiger partial charge in [-0.2, -0.15) is 0 Å². The summed E-state index contributed by atoms with van der Waals surface area (Å²) in [5.41, 5.74) is 5.32. The molecule has 4 N–H and O–H groups in total. The number of primary amides is 1.